The van der Waals surface area contributed by atoms with Crippen molar-refractivity contribution in [1.82, 2.24) is 9.29 Å². The van der Waals surface area contributed by atoms with Crippen LogP contribution < -0.4 is 5.32 Å². The van der Waals surface area contributed by atoms with Gasteiger partial charge in [-0.05, 0) is 43.9 Å². The lowest BCUT2D eigenvalue weighted by Gasteiger charge is -2.32. The number of non-ortho nitro benzene ring substituents is 1. The Morgan fingerprint density at radius 2 is 1.85 bits per heavy atom. The first kappa shape index (κ1) is 17.2. The highest BCUT2D eigenvalue weighted by Crippen LogP contribution is 2.32. The molecule has 0 radical (unpaired) electrons. The van der Waals surface area contributed by atoms with Gasteiger partial charge in [0.25, 0.3) is 5.69 Å². The van der Waals surface area contributed by atoms with Gasteiger partial charge in [0.05, 0.1) is 15.7 Å². The number of hydrogen-bond donors (Lipinski definition) is 1. The molecule has 1 aliphatic heterocycles. The third-order valence-electron chi connectivity index (χ3n) is 5.00. The molecule has 1 saturated heterocycles. The van der Waals surface area contributed by atoms with E-state index in [2.05, 4.69) is 10.3 Å². The average molecular weight is 376 g/mol. The van der Waals surface area contributed by atoms with Gasteiger partial charge in [0.1, 0.15) is 5.82 Å². The van der Waals surface area contributed by atoms with Crippen LogP contribution >= 0.6 is 0 Å². The monoisotopic (exact) mass is 376 g/mol. The lowest BCUT2D eigenvalue weighted by atomic mass is 10.1. The van der Waals surface area contributed by atoms with E-state index in [1.54, 1.807) is 16.4 Å². The minimum absolute atomic E-state index is 0.0456. The lowest BCUT2D eigenvalue weighted by Crippen LogP contribution is -2.43. The Morgan fingerprint density at radius 1 is 1.12 bits per heavy atom. The highest BCUT2D eigenvalue weighted by Gasteiger charge is 2.41. The quantitative estimate of drug-likeness (QED) is 0.635. The summed E-state index contributed by atoms with van der Waals surface area (Å²) in [5.41, 5.74) is 0.735. The van der Waals surface area contributed by atoms with Gasteiger partial charge in [-0.3, -0.25) is 10.1 Å². The lowest BCUT2D eigenvalue weighted by molar-refractivity contribution is -0.384. The Morgan fingerprint density at radius 3 is 2.50 bits per heavy atom. The summed E-state index contributed by atoms with van der Waals surface area (Å²) in [6, 6.07) is 8.38. The van der Waals surface area contributed by atoms with Gasteiger partial charge in [0.15, 0.2) is 0 Å². The zero-order valence-corrected chi connectivity index (χ0v) is 15.0. The van der Waals surface area contributed by atoms with E-state index in [4.69, 9.17) is 0 Å². The standard InChI is InChI=1S/C17H20N4O4S/c22-21(23)14-2-5-16-12(11-14)1-6-17(19-16)18-13-7-9-20(10-8-13)26(24,25)15-3-4-15/h1-2,5-6,11,13,15H,3-4,7-10H2,(H,18,19). The molecule has 4 rings (SSSR count). The highest BCUT2D eigenvalue weighted by atomic mass is 32.2. The molecular weight excluding hydrogens is 356 g/mol. The van der Waals surface area contributed by atoms with Gasteiger partial charge in [-0.25, -0.2) is 17.7 Å². The third-order valence-corrected chi connectivity index (χ3v) is 7.39. The molecule has 9 heteroatoms. The third kappa shape index (κ3) is 3.36. The van der Waals surface area contributed by atoms with Gasteiger partial charge in [0.2, 0.25) is 10.0 Å². The van der Waals surface area contributed by atoms with Crippen molar-refractivity contribution >= 4 is 32.4 Å². The molecule has 1 aromatic carbocycles. The first-order valence-electron chi connectivity index (χ1n) is 8.74. The van der Waals surface area contributed by atoms with Crippen molar-refractivity contribution in [3.63, 3.8) is 0 Å². The van der Waals surface area contributed by atoms with E-state index in [0.29, 0.717) is 24.4 Å². The van der Waals surface area contributed by atoms with Crippen LogP contribution in [0.3, 0.4) is 0 Å². The average Bonchev–Trinajstić information content (AvgIpc) is 3.47. The summed E-state index contributed by atoms with van der Waals surface area (Å²) < 4.78 is 26.2. The molecule has 2 aliphatic rings. The maximum Gasteiger partial charge on any atom is 0.270 e. The Labute approximate surface area is 151 Å². The van der Waals surface area contributed by atoms with Gasteiger partial charge in [0, 0.05) is 36.7 Å². The van der Waals surface area contributed by atoms with Gasteiger partial charge in [-0.2, -0.15) is 0 Å². The number of nitrogens with zero attached hydrogens (tertiary/aromatic N) is 3. The number of rotatable bonds is 5. The number of nitrogens with one attached hydrogen (secondary N) is 1. The Bertz CT molecular complexity index is 950. The maximum absolute atomic E-state index is 12.3. The second-order valence-corrected chi connectivity index (χ2v) is 9.11. The number of fused-ring (bicyclic) bond motifs is 1. The van der Waals surface area contributed by atoms with Crippen LogP contribution in [0.25, 0.3) is 10.9 Å². The molecule has 0 spiro atoms. The van der Waals surface area contributed by atoms with Crippen molar-refractivity contribution < 1.29 is 13.3 Å². The SMILES string of the molecule is O=[N+]([O-])c1ccc2nc(NC3CCN(S(=O)(=O)C4CC4)CC3)ccc2c1. The highest BCUT2D eigenvalue weighted by molar-refractivity contribution is 7.90. The Hall–Kier alpha value is -2.26. The van der Waals surface area contributed by atoms with E-state index >= 15 is 0 Å². The van der Waals surface area contributed by atoms with E-state index in [9.17, 15) is 18.5 Å². The minimum atomic E-state index is -3.09. The molecule has 2 heterocycles. The number of piperidine rings is 1. The van der Waals surface area contributed by atoms with Crippen LogP contribution in [0, 0.1) is 10.1 Å². The molecular formula is C17H20N4O4S. The fourth-order valence-corrected chi connectivity index (χ4v) is 5.22. The maximum atomic E-state index is 12.3. The van der Waals surface area contributed by atoms with Gasteiger partial charge in [-0.1, -0.05) is 0 Å². The fraction of sp³-hybridized carbons (Fsp3) is 0.471. The summed E-state index contributed by atoms with van der Waals surface area (Å²) in [6.45, 7) is 1.08. The molecule has 138 valence electrons. The first-order chi connectivity index (χ1) is 12.4. The summed E-state index contributed by atoms with van der Waals surface area (Å²) in [7, 11) is -3.09. The molecule has 26 heavy (non-hydrogen) atoms. The summed E-state index contributed by atoms with van der Waals surface area (Å²) >= 11 is 0. The molecule has 0 bridgehead atoms. The molecule has 2 aromatic rings. The normalized spacial score (nSPS) is 19.5. The molecule has 1 N–H and O–H groups in total. The van der Waals surface area contributed by atoms with Crippen molar-refractivity contribution in [2.45, 2.75) is 37.0 Å². The number of hydrogen-bond acceptors (Lipinski definition) is 6. The van der Waals surface area contributed by atoms with Crippen molar-refractivity contribution in [1.29, 1.82) is 0 Å². The van der Waals surface area contributed by atoms with Crippen LogP contribution in [0.5, 0.6) is 0 Å². The van der Waals surface area contributed by atoms with Crippen molar-refractivity contribution in [3.05, 3.63) is 40.4 Å². The molecule has 1 aliphatic carbocycles. The van der Waals surface area contributed by atoms with E-state index < -0.39 is 14.9 Å². The number of sulfonamides is 1. The number of benzene rings is 1. The minimum Gasteiger partial charge on any atom is -0.367 e. The van der Waals surface area contributed by atoms with Crippen LogP contribution in [0.15, 0.2) is 30.3 Å². The number of nitro benzene ring substituents is 1. The molecule has 1 aromatic heterocycles. The van der Waals surface area contributed by atoms with Gasteiger partial charge >= 0.3 is 0 Å². The van der Waals surface area contributed by atoms with E-state index in [0.717, 1.165) is 31.1 Å². The van der Waals surface area contributed by atoms with Crippen LogP contribution in [0.1, 0.15) is 25.7 Å². The van der Waals surface area contributed by atoms with E-state index in [1.165, 1.54) is 12.1 Å². The van der Waals surface area contributed by atoms with Crippen LogP contribution in [0.2, 0.25) is 0 Å². The molecule has 0 unspecified atom stereocenters. The van der Waals surface area contributed by atoms with Gasteiger partial charge < -0.3 is 5.32 Å². The predicted octanol–water partition coefficient (Wildman–Crippen LogP) is 2.51. The number of anilines is 1. The van der Waals surface area contributed by atoms with Crippen molar-refractivity contribution in [2.24, 2.45) is 0 Å². The first-order valence-corrected chi connectivity index (χ1v) is 10.2. The van der Waals surface area contributed by atoms with Crippen molar-refractivity contribution in [2.75, 3.05) is 18.4 Å². The predicted molar refractivity (Wildman–Crippen MR) is 98.6 cm³/mol. The molecule has 8 nitrogen and oxygen atoms in total. The van der Waals surface area contributed by atoms with Crippen LogP contribution in [-0.4, -0.2) is 47.0 Å². The fourth-order valence-electron chi connectivity index (χ4n) is 3.35. The van der Waals surface area contributed by atoms with Crippen LogP contribution in [0.4, 0.5) is 11.5 Å². The Balaban J connectivity index is 1.41. The Kier molecular flexibility index (Phi) is 4.28. The molecule has 1 saturated carbocycles. The summed E-state index contributed by atoms with van der Waals surface area (Å²) in [5, 5.41) is 14.8. The van der Waals surface area contributed by atoms with Gasteiger partial charge in [-0.15, -0.1) is 0 Å². The van der Waals surface area contributed by atoms with E-state index in [-0.39, 0.29) is 17.0 Å². The van der Waals surface area contributed by atoms with E-state index in [1.807, 2.05) is 6.07 Å². The topological polar surface area (TPSA) is 105 Å². The number of pyridine rings is 1. The number of aromatic nitrogens is 1. The summed E-state index contributed by atoms with van der Waals surface area (Å²) in [5.74, 6) is 0.704. The molecule has 2 fully saturated rings. The molecule has 0 amide bonds. The second-order valence-electron chi connectivity index (χ2n) is 6.89. The smallest absolute Gasteiger partial charge is 0.270 e. The molecule has 0 atom stereocenters. The number of nitro groups is 1. The summed E-state index contributed by atoms with van der Waals surface area (Å²) in [4.78, 5) is 14.9. The van der Waals surface area contributed by atoms with Crippen molar-refractivity contribution in [3.8, 4) is 0 Å². The zero-order valence-electron chi connectivity index (χ0n) is 14.2. The zero-order chi connectivity index (χ0) is 18.3. The second kappa shape index (κ2) is 6.48. The van der Waals surface area contributed by atoms with Crippen LogP contribution in [-0.2, 0) is 10.0 Å². The largest absolute Gasteiger partial charge is 0.367 e. The summed E-state index contributed by atoms with van der Waals surface area (Å²) in [6.07, 6.45) is 3.07.